The Hall–Kier alpha value is -3.28. The summed E-state index contributed by atoms with van der Waals surface area (Å²) >= 11 is 0. The summed E-state index contributed by atoms with van der Waals surface area (Å²) in [6.07, 6.45) is 12.6. The van der Waals surface area contributed by atoms with Gasteiger partial charge in [0.1, 0.15) is 0 Å². The van der Waals surface area contributed by atoms with E-state index in [9.17, 15) is 0 Å². The Bertz CT molecular complexity index is 840. The van der Waals surface area contributed by atoms with Gasteiger partial charge < -0.3 is 0 Å². The predicted molar refractivity (Wildman–Crippen MR) is 119 cm³/mol. The van der Waals surface area contributed by atoms with Crippen LogP contribution in [0.5, 0.6) is 0 Å². The molecule has 0 aliphatic heterocycles. The molecule has 3 aromatic carbocycles. The largest absolute Gasteiger partial charge is 0.276 e. The van der Waals surface area contributed by atoms with Gasteiger partial charge in [0.15, 0.2) is 0 Å². The number of terminal acetylenes is 1. The molecule has 0 aliphatic rings. The molecular formula is C26H26N2. The topological polar surface area (TPSA) is 15.3 Å². The van der Waals surface area contributed by atoms with Crippen molar-refractivity contribution in [2.45, 2.75) is 25.3 Å². The molecule has 28 heavy (non-hydrogen) atoms. The number of hydrogen-bond donors (Lipinski definition) is 1. The Morgan fingerprint density at radius 3 is 1.89 bits per heavy atom. The molecule has 140 valence electrons. The van der Waals surface area contributed by atoms with Crippen LogP contribution < -0.4 is 10.4 Å². The van der Waals surface area contributed by atoms with E-state index in [4.69, 9.17) is 6.42 Å². The molecule has 3 aromatic rings. The summed E-state index contributed by atoms with van der Waals surface area (Å²) in [5.41, 5.74) is 7.10. The average molecular weight is 367 g/mol. The molecule has 0 bridgehead atoms. The fraction of sp³-hybridized carbons (Fsp3) is 0.154. The second-order valence-corrected chi connectivity index (χ2v) is 6.55. The Labute approximate surface area is 168 Å². The molecule has 0 radical (unpaired) electrons. The van der Waals surface area contributed by atoms with Crippen molar-refractivity contribution in [3.05, 3.63) is 109 Å². The zero-order valence-corrected chi connectivity index (χ0v) is 16.0. The zero-order valence-electron chi connectivity index (χ0n) is 16.0. The third-order valence-corrected chi connectivity index (χ3v) is 4.48. The minimum Gasteiger partial charge on any atom is -0.276 e. The van der Waals surface area contributed by atoms with Gasteiger partial charge in [0.25, 0.3) is 0 Å². The number of anilines is 2. The highest BCUT2D eigenvalue weighted by Gasteiger charge is 2.15. The quantitative estimate of drug-likeness (QED) is 0.203. The van der Waals surface area contributed by atoms with E-state index in [0.29, 0.717) is 0 Å². The van der Waals surface area contributed by atoms with Gasteiger partial charge in [0.2, 0.25) is 0 Å². The first-order valence-electron chi connectivity index (χ1n) is 9.70. The Balaban J connectivity index is 1.88. The highest BCUT2D eigenvalue weighted by Crippen LogP contribution is 2.26. The van der Waals surface area contributed by atoms with E-state index in [1.807, 2.05) is 18.2 Å². The first-order valence-corrected chi connectivity index (χ1v) is 9.70. The second kappa shape index (κ2) is 10.8. The van der Waals surface area contributed by atoms with E-state index >= 15 is 0 Å². The molecule has 2 heteroatoms. The third-order valence-electron chi connectivity index (χ3n) is 4.48. The van der Waals surface area contributed by atoms with Gasteiger partial charge in [-0.05, 0) is 42.7 Å². The number of nitrogens with one attached hydrogen (secondary N) is 1. The summed E-state index contributed by atoms with van der Waals surface area (Å²) in [7, 11) is 0. The van der Waals surface area contributed by atoms with Crippen molar-refractivity contribution in [1.29, 1.82) is 0 Å². The van der Waals surface area contributed by atoms with Crippen LogP contribution in [0.3, 0.4) is 0 Å². The highest BCUT2D eigenvalue weighted by atomic mass is 15.5. The van der Waals surface area contributed by atoms with Crippen molar-refractivity contribution in [3.63, 3.8) is 0 Å². The van der Waals surface area contributed by atoms with E-state index < -0.39 is 0 Å². The molecule has 1 N–H and O–H groups in total. The second-order valence-electron chi connectivity index (χ2n) is 6.55. The number of para-hydroxylation sites is 2. The lowest BCUT2D eigenvalue weighted by Crippen LogP contribution is -2.36. The monoisotopic (exact) mass is 366 g/mol. The van der Waals surface area contributed by atoms with Crippen LogP contribution in [0.1, 0.15) is 30.9 Å². The van der Waals surface area contributed by atoms with Crippen LogP contribution in [-0.4, -0.2) is 0 Å². The molecule has 1 unspecified atom stereocenters. The molecule has 2 nitrogen and oxygen atoms in total. The van der Waals surface area contributed by atoms with Gasteiger partial charge in [-0.25, -0.2) is 5.43 Å². The fourth-order valence-electron chi connectivity index (χ4n) is 3.03. The Morgan fingerprint density at radius 2 is 1.36 bits per heavy atom. The summed E-state index contributed by atoms with van der Waals surface area (Å²) in [5.74, 6) is 2.70. The van der Waals surface area contributed by atoms with Crippen molar-refractivity contribution in [3.8, 4) is 12.3 Å². The molecule has 0 fully saturated rings. The molecule has 3 rings (SSSR count). The minimum absolute atomic E-state index is 0.0486. The normalized spacial score (nSPS) is 11.8. The van der Waals surface area contributed by atoms with Crippen LogP contribution >= 0.6 is 0 Å². The summed E-state index contributed by atoms with van der Waals surface area (Å²) in [5, 5.41) is 2.14. The van der Waals surface area contributed by atoms with Gasteiger partial charge in [-0.15, -0.1) is 12.3 Å². The smallest absolute Gasteiger partial charge is 0.0697 e. The van der Waals surface area contributed by atoms with E-state index in [1.54, 1.807) is 0 Å². The average Bonchev–Trinajstić information content (AvgIpc) is 2.77. The summed E-state index contributed by atoms with van der Waals surface area (Å²) in [4.78, 5) is 0. The van der Waals surface area contributed by atoms with Gasteiger partial charge in [-0.3, -0.25) is 5.01 Å². The van der Waals surface area contributed by atoms with Crippen LogP contribution in [0.4, 0.5) is 11.4 Å². The fourth-order valence-corrected chi connectivity index (χ4v) is 3.03. The summed E-state index contributed by atoms with van der Waals surface area (Å²) in [6.45, 7) is 0. The molecular weight excluding hydrogens is 340 g/mol. The Morgan fingerprint density at radius 1 is 0.821 bits per heavy atom. The number of rotatable bonds is 9. The molecule has 0 aliphatic carbocycles. The van der Waals surface area contributed by atoms with Gasteiger partial charge in [-0.1, -0.05) is 78.9 Å². The van der Waals surface area contributed by atoms with E-state index in [2.05, 4.69) is 101 Å². The lowest BCUT2D eigenvalue weighted by atomic mass is 10.1. The zero-order chi connectivity index (χ0) is 19.4. The van der Waals surface area contributed by atoms with Gasteiger partial charge >= 0.3 is 0 Å². The van der Waals surface area contributed by atoms with E-state index in [-0.39, 0.29) is 6.04 Å². The third kappa shape index (κ3) is 5.61. The Kier molecular flexibility index (Phi) is 7.49. The number of unbranched alkanes of at least 4 members (excludes halogenated alkanes) is 2. The van der Waals surface area contributed by atoms with Crippen LogP contribution in [0.2, 0.25) is 0 Å². The number of hydrazine groups is 1. The molecule has 0 heterocycles. The minimum atomic E-state index is 0.0486. The molecule has 0 saturated heterocycles. The SMILES string of the molecule is C#CCCC/C=C/C(NN(c1ccccc1)c1ccccc1)c1ccccc1. The molecule has 0 saturated carbocycles. The first-order chi connectivity index (χ1) is 13.9. The molecule has 0 aromatic heterocycles. The number of allylic oxidation sites excluding steroid dienone is 1. The molecule has 0 amide bonds. The van der Waals surface area contributed by atoms with Crippen molar-refractivity contribution in [1.82, 2.24) is 5.43 Å². The standard InChI is InChI=1S/C26H26N2/c1-2-3-4-5-15-22-26(23-16-9-6-10-17-23)27-28(24-18-11-7-12-19-24)25-20-13-8-14-21-25/h1,6-22,26-27H,3-5H2/b22-15+. The maximum atomic E-state index is 5.36. The molecule has 0 spiro atoms. The van der Waals surface area contributed by atoms with Crippen molar-refractivity contribution >= 4 is 11.4 Å². The van der Waals surface area contributed by atoms with Crippen molar-refractivity contribution < 1.29 is 0 Å². The lowest BCUT2D eigenvalue weighted by molar-refractivity contribution is 0.631. The van der Waals surface area contributed by atoms with Crippen molar-refractivity contribution in [2.24, 2.45) is 0 Å². The van der Waals surface area contributed by atoms with Crippen LogP contribution in [0, 0.1) is 12.3 Å². The first kappa shape index (κ1) is 19.5. The van der Waals surface area contributed by atoms with E-state index in [0.717, 1.165) is 30.6 Å². The lowest BCUT2D eigenvalue weighted by Gasteiger charge is -2.30. The van der Waals surface area contributed by atoms with Crippen LogP contribution in [-0.2, 0) is 0 Å². The van der Waals surface area contributed by atoms with Gasteiger partial charge in [-0.2, -0.15) is 0 Å². The predicted octanol–water partition coefficient (Wildman–Crippen LogP) is 6.43. The van der Waals surface area contributed by atoms with E-state index in [1.165, 1.54) is 5.56 Å². The van der Waals surface area contributed by atoms with Crippen LogP contribution in [0.25, 0.3) is 0 Å². The summed E-state index contributed by atoms with van der Waals surface area (Å²) in [6, 6.07) is 31.3. The maximum absolute atomic E-state index is 5.36. The number of nitrogens with zero attached hydrogens (tertiary/aromatic N) is 1. The van der Waals surface area contributed by atoms with Crippen molar-refractivity contribution in [2.75, 3.05) is 5.01 Å². The maximum Gasteiger partial charge on any atom is 0.0697 e. The van der Waals surface area contributed by atoms with Gasteiger partial charge in [0, 0.05) is 6.42 Å². The highest BCUT2D eigenvalue weighted by molar-refractivity contribution is 5.61. The van der Waals surface area contributed by atoms with Gasteiger partial charge in [0.05, 0.1) is 17.4 Å². The molecule has 1 atom stereocenters. The number of hydrogen-bond acceptors (Lipinski definition) is 2. The number of benzene rings is 3. The summed E-state index contributed by atoms with van der Waals surface area (Å²) < 4.78 is 0. The van der Waals surface area contributed by atoms with Crippen LogP contribution in [0.15, 0.2) is 103 Å².